The minimum absolute atomic E-state index is 0.0211. The Morgan fingerprint density at radius 2 is 1.18 bits per heavy atom. The quantitative estimate of drug-likeness (QED) is 0.0867. The lowest BCUT2D eigenvalue weighted by Crippen LogP contribution is -2.12. The number of carbonyl (C=O) groups excluding carboxylic acids is 2. The molecule has 0 fully saturated rings. The molecule has 5 nitrogen and oxygen atoms in total. The van der Waals surface area contributed by atoms with Crippen molar-refractivity contribution in [1.82, 2.24) is 0 Å². The molecule has 0 saturated carbocycles. The second-order valence-electron chi connectivity index (χ2n) is 8.92. The maximum absolute atomic E-state index is 13.0. The number of hydrogen-bond acceptors (Lipinski definition) is 5. The summed E-state index contributed by atoms with van der Waals surface area (Å²) >= 11 is 0. The summed E-state index contributed by atoms with van der Waals surface area (Å²) in [6, 6.07) is 32.7. The minimum atomic E-state index is -0.465. The highest BCUT2D eigenvalue weighted by molar-refractivity contribution is 6.10. The number of ether oxygens (including phenoxy) is 3. The Hall–Kier alpha value is -4.48. The van der Waals surface area contributed by atoms with Crippen LogP contribution >= 0.6 is 0 Å². The van der Waals surface area contributed by atoms with Crippen molar-refractivity contribution in [2.75, 3.05) is 20.3 Å². The van der Waals surface area contributed by atoms with E-state index >= 15 is 0 Å². The van der Waals surface area contributed by atoms with Crippen LogP contribution in [0.5, 0.6) is 11.5 Å². The van der Waals surface area contributed by atoms with Crippen LogP contribution in [0, 0.1) is 0 Å². The molecule has 0 atom stereocenters. The maximum atomic E-state index is 13.0. The third kappa shape index (κ3) is 5.43. The van der Waals surface area contributed by atoms with Crippen LogP contribution in [-0.4, -0.2) is 32.1 Å². The van der Waals surface area contributed by atoms with E-state index in [-0.39, 0.29) is 18.6 Å². The highest BCUT2D eigenvalue weighted by Gasteiger charge is 2.21. The van der Waals surface area contributed by atoms with Gasteiger partial charge in [0.15, 0.2) is 5.78 Å². The van der Waals surface area contributed by atoms with E-state index < -0.39 is 5.97 Å². The molecule has 38 heavy (non-hydrogen) atoms. The van der Waals surface area contributed by atoms with Gasteiger partial charge >= 0.3 is 5.97 Å². The second-order valence-corrected chi connectivity index (χ2v) is 8.92. The molecule has 0 unspecified atom stereocenters. The van der Waals surface area contributed by atoms with Gasteiger partial charge in [-0.2, -0.15) is 0 Å². The van der Waals surface area contributed by atoms with Gasteiger partial charge < -0.3 is 14.2 Å². The topological polar surface area (TPSA) is 61.8 Å². The van der Waals surface area contributed by atoms with Crippen LogP contribution in [0.25, 0.3) is 32.7 Å². The number of fused-ring (bicyclic) bond motifs is 2. The van der Waals surface area contributed by atoms with E-state index in [1.54, 1.807) is 19.2 Å². The summed E-state index contributed by atoms with van der Waals surface area (Å²) in [6.45, 7) is 0.822. The fourth-order valence-electron chi connectivity index (χ4n) is 4.62. The summed E-state index contributed by atoms with van der Waals surface area (Å²) in [5.41, 5.74) is 2.20. The fourth-order valence-corrected chi connectivity index (χ4v) is 4.62. The van der Waals surface area contributed by atoms with Crippen molar-refractivity contribution in [3.8, 4) is 22.6 Å². The maximum Gasteiger partial charge on any atom is 0.311 e. The highest BCUT2D eigenvalue weighted by Crippen LogP contribution is 2.45. The molecule has 0 N–H and O–H groups in total. The molecule has 0 aliphatic rings. The molecule has 5 aromatic rings. The van der Waals surface area contributed by atoms with Gasteiger partial charge in [0, 0.05) is 30.2 Å². The molecule has 0 spiro atoms. The first-order valence-electron chi connectivity index (χ1n) is 12.6. The van der Waals surface area contributed by atoms with Crippen LogP contribution in [0.15, 0.2) is 103 Å². The third-order valence-electron chi connectivity index (χ3n) is 6.45. The van der Waals surface area contributed by atoms with Crippen LogP contribution in [0.3, 0.4) is 0 Å². The van der Waals surface area contributed by atoms with Gasteiger partial charge in [0.05, 0.1) is 13.0 Å². The Bertz CT molecular complexity index is 1590. The molecule has 0 saturated heterocycles. The second kappa shape index (κ2) is 11.7. The molecular weight excluding hydrogens is 476 g/mol. The Morgan fingerprint density at radius 3 is 1.84 bits per heavy atom. The molecule has 0 aliphatic heterocycles. The van der Waals surface area contributed by atoms with Crippen LogP contribution in [0.4, 0.5) is 0 Å². The van der Waals surface area contributed by atoms with Crippen LogP contribution in [-0.2, 0) is 9.53 Å². The van der Waals surface area contributed by atoms with Crippen molar-refractivity contribution < 1.29 is 23.8 Å². The van der Waals surface area contributed by atoms with E-state index in [2.05, 4.69) is 0 Å². The van der Waals surface area contributed by atoms with Gasteiger partial charge in [-0.25, -0.2) is 0 Å². The summed E-state index contributed by atoms with van der Waals surface area (Å²) in [6.07, 6.45) is 0.0537. The van der Waals surface area contributed by atoms with Crippen LogP contribution in [0.1, 0.15) is 23.2 Å². The zero-order chi connectivity index (χ0) is 26.3. The van der Waals surface area contributed by atoms with Crippen molar-refractivity contribution in [2.45, 2.75) is 12.8 Å². The van der Waals surface area contributed by atoms with Gasteiger partial charge in [-0.15, -0.1) is 0 Å². The summed E-state index contributed by atoms with van der Waals surface area (Å²) < 4.78 is 17.3. The van der Waals surface area contributed by atoms with Crippen molar-refractivity contribution in [3.63, 3.8) is 0 Å². The van der Waals surface area contributed by atoms with E-state index in [1.807, 2.05) is 91.0 Å². The molecule has 5 rings (SSSR count). The minimum Gasteiger partial charge on any atom is -0.491 e. The smallest absolute Gasteiger partial charge is 0.311 e. The molecule has 0 amide bonds. The van der Waals surface area contributed by atoms with E-state index in [1.165, 1.54) is 0 Å². The molecule has 5 aromatic carbocycles. The van der Waals surface area contributed by atoms with Crippen molar-refractivity contribution in [3.05, 3.63) is 109 Å². The number of methoxy groups -OCH3 is 1. The number of carbonyl (C=O) groups is 2. The lowest BCUT2D eigenvalue weighted by atomic mass is 9.92. The zero-order valence-corrected chi connectivity index (χ0v) is 21.2. The van der Waals surface area contributed by atoms with E-state index in [4.69, 9.17) is 14.2 Å². The predicted octanol–water partition coefficient (Wildman–Crippen LogP) is 7.25. The number of benzene rings is 5. The lowest BCUT2D eigenvalue weighted by Gasteiger charge is -2.19. The first-order chi connectivity index (χ1) is 18.7. The first kappa shape index (κ1) is 25.2. The molecule has 0 radical (unpaired) electrons. The summed E-state index contributed by atoms with van der Waals surface area (Å²) in [5.74, 6) is 0.541. The molecule has 0 aliphatic carbocycles. The van der Waals surface area contributed by atoms with Crippen LogP contribution < -0.4 is 9.47 Å². The van der Waals surface area contributed by atoms with E-state index in [0.717, 1.165) is 32.7 Å². The molecular formula is C33H28O5. The number of ketones is 1. The number of hydrogen-bond donors (Lipinski definition) is 0. The average molecular weight is 505 g/mol. The third-order valence-corrected chi connectivity index (χ3v) is 6.45. The highest BCUT2D eigenvalue weighted by atomic mass is 16.5. The Kier molecular flexibility index (Phi) is 7.76. The van der Waals surface area contributed by atoms with Gasteiger partial charge in [0.25, 0.3) is 0 Å². The molecule has 0 bridgehead atoms. The lowest BCUT2D eigenvalue weighted by molar-refractivity contribution is -0.134. The fraction of sp³-hybridized carbons (Fsp3) is 0.152. The van der Waals surface area contributed by atoms with Gasteiger partial charge in [0.2, 0.25) is 0 Å². The monoisotopic (exact) mass is 504 g/mol. The largest absolute Gasteiger partial charge is 0.491 e. The van der Waals surface area contributed by atoms with Crippen molar-refractivity contribution in [1.29, 1.82) is 0 Å². The SMILES string of the molecule is COCCOc1ccc2ccccc2c1-c1c(OC(=O)CCC(=O)c2ccccc2)ccc2ccccc12. The van der Waals surface area contributed by atoms with Crippen LogP contribution in [0.2, 0.25) is 0 Å². The van der Waals surface area contributed by atoms with Gasteiger partial charge in [0.1, 0.15) is 18.1 Å². The summed E-state index contributed by atoms with van der Waals surface area (Å²) in [7, 11) is 1.63. The molecule has 5 heteroatoms. The van der Waals surface area contributed by atoms with Gasteiger partial charge in [-0.05, 0) is 33.7 Å². The van der Waals surface area contributed by atoms with Crippen molar-refractivity contribution >= 4 is 33.3 Å². The Balaban J connectivity index is 1.56. The predicted molar refractivity (Wildman–Crippen MR) is 150 cm³/mol. The molecule has 0 heterocycles. The standard InChI is InChI=1S/C33H28O5/c1-36-21-22-37-29-18-15-23-9-5-7-13-26(23)32(29)33-27-14-8-6-10-24(27)16-19-30(33)38-31(35)20-17-28(34)25-11-3-2-4-12-25/h2-16,18-19H,17,20-22H2,1H3. The average Bonchev–Trinajstić information content (AvgIpc) is 2.96. The number of esters is 1. The van der Waals surface area contributed by atoms with E-state index in [0.29, 0.717) is 30.3 Å². The summed E-state index contributed by atoms with van der Waals surface area (Å²) in [4.78, 5) is 25.6. The van der Waals surface area contributed by atoms with E-state index in [9.17, 15) is 9.59 Å². The van der Waals surface area contributed by atoms with Gasteiger partial charge in [-0.3, -0.25) is 9.59 Å². The van der Waals surface area contributed by atoms with Gasteiger partial charge in [-0.1, -0.05) is 91.0 Å². The number of Topliss-reactive ketones (excluding diaryl/α,β-unsaturated/α-hetero) is 1. The molecule has 190 valence electrons. The summed E-state index contributed by atoms with van der Waals surface area (Å²) in [5, 5.41) is 3.97. The number of rotatable bonds is 10. The first-order valence-corrected chi connectivity index (χ1v) is 12.6. The van der Waals surface area contributed by atoms with Crippen molar-refractivity contribution in [2.24, 2.45) is 0 Å². The molecule has 0 aromatic heterocycles. The Morgan fingerprint density at radius 1 is 0.605 bits per heavy atom. The zero-order valence-electron chi connectivity index (χ0n) is 21.2. The normalized spacial score (nSPS) is 11.0. The Labute approximate surface area is 221 Å².